The highest BCUT2D eigenvalue weighted by molar-refractivity contribution is 7.90. The number of esters is 1. The highest BCUT2D eigenvalue weighted by atomic mass is 32.2. The fraction of sp³-hybridized carbons (Fsp3) is 0.500. The molecule has 1 N–H and O–H groups in total. The summed E-state index contributed by atoms with van der Waals surface area (Å²) in [7, 11) is -3.36. The van der Waals surface area contributed by atoms with Crippen LogP contribution in [0.4, 0.5) is 4.79 Å². The van der Waals surface area contributed by atoms with E-state index in [9.17, 15) is 27.9 Å². The second-order valence-electron chi connectivity index (χ2n) is 6.50. The number of benzene rings is 1. The number of carboxylic acid groups (broad SMARTS) is 1. The van der Waals surface area contributed by atoms with Crippen LogP contribution in [0.3, 0.4) is 0 Å². The Labute approximate surface area is 158 Å². The van der Waals surface area contributed by atoms with Crippen molar-refractivity contribution in [1.29, 1.82) is 0 Å². The Morgan fingerprint density at radius 3 is 2.37 bits per heavy atom. The maximum absolute atomic E-state index is 12.4. The number of rotatable bonds is 6. The molecule has 1 aromatic carbocycles. The van der Waals surface area contributed by atoms with Crippen molar-refractivity contribution in [1.82, 2.24) is 4.90 Å². The molecular weight excluding hydrogens is 374 g/mol. The molecule has 9 heteroatoms. The van der Waals surface area contributed by atoms with Gasteiger partial charge in [0.2, 0.25) is 0 Å². The van der Waals surface area contributed by atoms with Crippen molar-refractivity contribution in [3.63, 3.8) is 0 Å². The van der Waals surface area contributed by atoms with Crippen molar-refractivity contribution < 1.29 is 32.6 Å². The van der Waals surface area contributed by atoms with Gasteiger partial charge in [-0.2, -0.15) is 0 Å². The third-order valence-corrected chi connectivity index (χ3v) is 5.75. The number of amides is 1. The molecule has 1 heterocycles. The van der Waals surface area contributed by atoms with Gasteiger partial charge in [-0.05, 0) is 37.5 Å². The summed E-state index contributed by atoms with van der Waals surface area (Å²) >= 11 is 0. The lowest BCUT2D eigenvalue weighted by atomic mass is 9.84. The lowest BCUT2D eigenvalue weighted by Crippen LogP contribution is -2.42. The molecule has 0 bridgehead atoms. The van der Waals surface area contributed by atoms with Crippen LogP contribution in [0.15, 0.2) is 29.2 Å². The first-order valence-electron chi connectivity index (χ1n) is 8.61. The molecule has 1 aromatic rings. The average molecular weight is 397 g/mol. The van der Waals surface area contributed by atoms with Crippen molar-refractivity contribution in [3.05, 3.63) is 29.8 Å². The lowest BCUT2D eigenvalue weighted by Gasteiger charge is -2.37. The van der Waals surface area contributed by atoms with Gasteiger partial charge >= 0.3 is 12.1 Å². The van der Waals surface area contributed by atoms with Crippen LogP contribution in [0.2, 0.25) is 0 Å². The Kier molecular flexibility index (Phi) is 6.59. The number of sulfone groups is 1. The van der Waals surface area contributed by atoms with E-state index in [2.05, 4.69) is 0 Å². The molecule has 0 aliphatic carbocycles. The molecular formula is C18H23NO7S. The van der Waals surface area contributed by atoms with E-state index in [0.29, 0.717) is 12.0 Å². The third kappa shape index (κ3) is 5.29. The fourth-order valence-corrected chi connectivity index (χ4v) is 3.87. The van der Waals surface area contributed by atoms with Gasteiger partial charge in [-0.3, -0.25) is 9.59 Å². The summed E-state index contributed by atoms with van der Waals surface area (Å²) < 4.78 is 28.0. The minimum atomic E-state index is -3.36. The van der Waals surface area contributed by atoms with E-state index in [-0.39, 0.29) is 36.7 Å². The van der Waals surface area contributed by atoms with Gasteiger partial charge in [-0.15, -0.1) is 0 Å². The lowest BCUT2D eigenvalue weighted by molar-refractivity contribution is -0.146. The molecule has 0 unspecified atom stereocenters. The third-order valence-electron chi connectivity index (χ3n) is 4.62. The summed E-state index contributed by atoms with van der Waals surface area (Å²) in [6.45, 7) is 2.01. The van der Waals surface area contributed by atoms with Crippen molar-refractivity contribution in [3.8, 4) is 0 Å². The summed E-state index contributed by atoms with van der Waals surface area (Å²) in [5.74, 6) is -1.31. The summed E-state index contributed by atoms with van der Waals surface area (Å²) in [5.41, 5.74) is 0.610. The quantitative estimate of drug-likeness (QED) is 0.576. The van der Waals surface area contributed by atoms with Crippen LogP contribution in [0, 0.1) is 5.92 Å². The van der Waals surface area contributed by atoms with Gasteiger partial charge in [-0.1, -0.05) is 12.1 Å². The van der Waals surface area contributed by atoms with E-state index >= 15 is 0 Å². The van der Waals surface area contributed by atoms with Gasteiger partial charge in [-0.25, -0.2) is 13.2 Å². The number of Topliss-reactive ketones (excluding diaryl/α,β-unsaturated/α-hetero) is 1. The molecule has 0 spiro atoms. The summed E-state index contributed by atoms with van der Waals surface area (Å²) in [4.78, 5) is 36.9. The second-order valence-corrected chi connectivity index (χ2v) is 8.52. The highest BCUT2D eigenvalue weighted by Gasteiger charge is 2.36. The number of piperidine rings is 1. The van der Waals surface area contributed by atoms with Crippen molar-refractivity contribution in [2.24, 2.45) is 5.92 Å². The zero-order chi connectivity index (χ0) is 20.2. The van der Waals surface area contributed by atoms with E-state index < -0.39 is 33.9 Å². The minimum Gasteiger partial charge on any atom is -0.466 e. The topological polar surface area (TPSA) is 118 Å². The highest BCUT2D eigenvalue weighted by Crippen LogP contribution is 2.35. The van der Waals surface area contributed by atoms with Crippen molar-refractivity contribution >= 4 is 27.7 Å². The molecule has 1 saturated heterocycles. The zero-order valence-electron chi connectivity index (χ0n) is 15.3. The predicted molar refractivity (Wildman–Crippen MR) is 96.0 cm³/mol. The van der Waals surface area contributed by atoms with Gasteiger partial charge < -0.3 is 14.7 Å². The largest absolute Gasteiger partial charge is 0.466 e. The van der Waals surface area contributed by atoms with E-state index in [0.717, 1.165) is 6.26 Å². The van der Waals surface area contributed by atoms with E-state index in [1.165, 1.54) is 17.0 Å². The molecule has 8 nitrogen and oxygen atoms in total. The van der Waals surface area contributed by atoms with Crippen LogP contribution in [0.5, 0.6) is 0 Å². The Morgan fingerprint density at radius 1 is 1.22 bits per heavy atom. The predicted octanol–water partition coefficient (Wildman–Crippen LogP) is 2.04. The summed E-state index contributed by atoms with van der Waals surface area (Å²) in [5, 5.41) is 9.47. The average Bonchev–Trinajstić information content (AvgIpc) is 2.60. The normalized spacial score (nSPS) is 20.1. The van der Waals surface area contributed by atoms with Gasteiger partial charge in [0, 0.05) is 18.7 Å². The molecule has 148 valence electrons. The zero-order valence-corrected chi connectivity index (χ0v) is 16.1. The van der Waals surface area contributed by atoms with Crippen LogP contribution in [0.25, 0.3) is 0 Å². The number of ketones is 1. The Hall–Kier alpha value is -2.42. The molecule has 1 aliphatic heterocycles. The molecule has 1 fully saturated rings. The fourth-order valence-electron chi connectivity index (χ4n) is 3.24. The van der Waals surface area contributed by atoms with E-state index in [1.54, 1.807) is 19.1 Å². The molecule has 27 heavy (non-hydrogen) atoms. The van der Waals surface area contributed by atoms with Crippen LogP contribution < -0.4 is 0 Å². The first-order chi connectivity index (χ1) is 12.6. The van der Waals surface area contributed by atoms with Crippen LogP contribution >= 0.6 is 0 Å². The molecule has 2 rings (SSSR count). The standard InChI is InChI=1S/C18H23NO7S/c1-3-26-17(21)11-16(20)13-8-9-19(18(22)23)15(10-13)12-4-6-14(7-5-12)27(2,24)25/h4-7,13,15H,3,8-11H2,1-2H3,(H,22,23)/t13-,15+/m0/s1. The van der Waals surface area contributed by atoms with Crippen LogP contribution in [0.1, 0.15) is 37.8 Å². The van der Waals surface area contributed by atoms with Crippen molar-refractivity contribution in [2.45, 2.75) is 37.1 Å². The maximum atomic E-state index is 12.4. The first-order valence-corrected chi connectivity index (χ1v) is 10.5. The Morgan fingerprint density at radius 2 is 1.85 bits per heavy atom. The van der Waals surface area contributed by atoms with E-state index in [1.807, 2.05) is 0 Å². The molecule has 0 aromatic heterocycles. The monoisotopic (exact) mass is 397 g/mol. The number of ether oxygens (including phenoxy) is 1. The number of likely N-dealkylation sites (tertiary alicyclic amines) is 1. The number of nitrogens with zero attached hydrogens (tertiary/aromatic N) is 1. The van der Waals surface area contributed by atoms with Gasteiger partial charge in [0.05, 0.1) is 17.5 Å². The molecule has 0 saturated carbocycles. The SMILES string of the molecule is CCOC(=O)CC(=O)[C@H]1CCN(C(=O)O)[C@@H](c2ccc(S(C)(=O)=O)cc2)C1. The summed E-state index contributed by atoms with van der Waals surface area (Å²) in [6.07, 6.45) is 0.232. The number of hydrogen-bond acceptors (Lipinski definition) is 6. The van der Waals surface area contributed by atoms with Gasteiger partial charge in [0.1, 0.15) is 12.2 Å². The van der Waals surface area contributed by atoms with Gasteiger partial charge in [0.25, 0.3) is 0 Å². The summed E-state index contributed by atoms with van der Waals surface area (Å²) in [6, 6.07) is 5.40. The van der Waals surface area contributed by atoms with E-state index in [4.69, 9.17) is 4.74 Å². The molecule has 1 amide bonds. The minimum absolute atomic E-state index is 0.138. The second kappa shape index (κ2) is 8.51. The van der Waals surface area contributed by atoms with Gasteiger partial charge in [0.15, 0.2) is 9.84 Å². The smallest absolute Gasteiger partial charge is 0.407 e. The molecule has 0 radical (unpaired) electrons. The Balaban J connectivity index is 2.21. The Bertz CT molecular complexity index is 817. The van der Waals surface area contributed by atoms with Crippen molar-refractivity contribution in [2.75, 3.05) is 19.4 Å². The molecule has 1 aliphatic rings. The van der Waals surface area contributed by atoms with Crippen LogP contribution in [-0.2, 0) is 24.2 Å². The number of carbonyl (C=O) groups excluding carboxylic acids is 2. The maximum Gasteiger partial charge on any atom is 0.407 e. The number of hydrogen-bond donors (Lipinski definition) is 1. The molecule has 2 atom stereocenters. The van der Waals surface area contributed by atoms with Crippen LogP contribution in [-0.4, -0.2) is 55.7 Å². The first kappa shape index (κ1) is 20.9. The number of carbonyl (C=O) groups is 3.